The van der Waals surface area contributed by atoms with E-state index in [9.17, 15) is 14.4 Å². The Morgan fingerprint density at radius 2 is 1.83 bits per heavy atom. The second kappa shape index (κ2) is 11.2. The van der Waals surface area contributed by atoms with Crippen molar-refractivity contribution in [3.63, 3.8) is 0 Å². The monoisotopic (exact) mass is 490 g/mol. The van der Waals surface area contributed by atoms with Crippen molar-refractivity contribution in [3.8, 4) is 11.5 Å². The van der Waals surface area contributed by atoms with Gasteiger partial charge in [0.15, 0.2) is 11.5 Å². The van der Waals surface area contributed by atoms with Crippen molar-refractivity contribution in [1.29, 1.82) is 0 Å². The molecule has 2 aromatic carbocycles. The quantitative estimate of drug-likeness (QED) is 0.349. The lowest BCUT2D eigenvalue weighted by Crippen LogP contribution is -2.25. The topological polar surface area (TPSA) is 125 Å². The van der Waals surface area contributed by atoms with E-state index in [2.05, 4.69) is 15.6 Å². The first-order valence-electron chi connectivity index (χ1n) is 11.3. The first kappa shape index (κ1) is 24.5. The van der Waals surface area contributed by atoms with Crippen molar-refractivity contribution in [1.82, 2.24) is 14.9 Å². The van der Waals surface area contributed by atoms with E-state index in [1.54, 1.807) is 48.5 Å². The lowest BCUT2D eigenvalue weighted by Gasteiger charge is -2.12. The maximum absolute atomic E-state index is 12.9. The number of methoxy groups -OCH3 is 2. The Balaban J connectivity index is 1.37. The highest BCUT2D eigenvalue weighted by molar-refractivity contribution is 6.03. The number of nitrogens with zero attached hydrogens (tertiary/aromatic N) is 2. The molecular formula is C26H26N4O6. The Morgan fingerprint density at radius 1 is 1.06 bits per heavy atom. The third-order valence-electron chi connectivity index (χ3n) is 5.58. The van der Waals surface area contributed by atoms with Crippen LogP contribution in [-0.4, -0.2) is 35.6 Å². The number of anilines is 1. The van der Waals surface area contributed by atoms with Crippen LogP contribution in [0.1, 0.15) is 29.0 Å². The summed E-state index contributed by atoms with van der Waals surface area (Å²) in [5.74, 6) is 0.952. The standard InChI is InChI=1S/C26H26N4O6/c1-34-22-13-19-21(14-23(22)35-2)28-16-30(26(19)33)11-5-10-24(31)29-20-9-4-3-8-18(20)25(32)27-15-17-7-6-12-36-17/h3-4,6-9,12-14,16H,5,10-11,15H2,1-2H3,(H,27,32)(H,29,31). The zero-order valence-electron chi connectivity index (χ0n) is 19.9. The number of fused-ring (bicyclic) bond motifs is 1. The maximum atomic E-state index is 12.9. The third kappa shape index (κ3) is 5.54. The first-order valence-corrected chi connectivity index (χ1v) is 11.3. The number of ether oxygens (including phenoxy) is 2. The number of hydrogen-bond donors (Lipinski definition) is 2. The van der Waals surface area contributed by atoms with Crippen molar-refractivity contribution in [2.24, 2.45) is 0 Å². The number of amides is 2. The van der Waals surface area contributed by atoms with Crippen molar-refractivity contribution in [3.05, 3.63) is 82.8 Å². The number of hydrogen-bond acceptors (Lipinski definition) is 7. The molecule has 0 aliphatic heterocycles. The summed E-state index contributed by atoms with van der Waals surface area (Å²) in [6.45, 7) is 0.538. The molecule has 10 nitrogen and oxygen atoms in total. The minimum atomic E-state index is -0.330. The van der Waals surface area contributed by atoms with Crippen LogP contribution >= 0.6 is 0 Å². The lowest BCUT2D eigenvalue weighted by atomic mass is 10.1. The summed E-state index contributed by atoms with van der Waals surface area (Å²) < 4.78 is 17.2. The van der Waals surface area contributed by atoms with Gasteiger partial charge in [0, 0.05) is 19.0 Å². The molecule has 186 valence electrons. The van der Waals surface area contributed by atoms with Crippen molar-refractivity contribution >= 4 is 28.4 Å². The van der Waals surface area contributed by atoms with Gasteiger partial charge >= 0.3 is 0 Å². The Bertz CT molecular complexity index is 1430. The van der Waals surface area contributed by atoms with Gasteiger partial charge in [-0.1, -0.05) is 12.1 Å². The van der Waals surface area contributed by atoms with Gasteiger partial charge in [0.2, 0.25) is 5.91 Å². The van der Waals surface area contributed by atoms with Crippen LogP contribution in [0.3, 0.4) is 0 Å². The SMILES string of the molecule is COc1cc2ncn(CCCC(=O)Nc3ccccc3C(=O)NCc3ccco3)c(=O)c2cc1OC. The number of furan rings is 1. The third-order valence-corrected chi connectivity index (χ3v) is 5.58. The molecule has 0 saturated heterocycles. The number of carbonyl (C=O) groups excluding carboxylic acids is 2. The van der Waals surface area contributed by atoms with E-state index in [1.807, 2.05) is 0 Å². The number of carbonyl (C=O) groups is 2. The van der Waals surface area contributed by atoms with Crippen LogP contribution in [0.5, 0.6) is 11.5 Å². The molecule has 0 saturated carbocycles. The largest absolute Gasteiger partial charge is 0.493 e. The lowest BCUT2D eigenvalue weighted by molar-refractivity contribution is -0.116. The van der Waals surface area contributed by atoms with E-state index in [-0.39, 0.29) is 30.3 Å². The van der Waals surface area contributed by atoms with Gasteiger partial charge in [-0.25, -0.2) is 4.98 Å². The summed E-state index contributed by atoms with van der Waals surface area (Å²) in [7, 11) is 3.01. The summed E-state index contributed by atoms with van der Waals surface area (Å²) in [6.07, 6.45) is 3.54. The number of aryl methyl sites for hydroxylation is 1. The fourth-order valence-corrected chi connectivity index (χ4v) is 3.73. The van der Waals surface area contributed by atoms with E-state index in [4.69, 9.17) is 13.9 Å². The number of aromatic nitrogens is 2. The molecule has 2 N–H and O–H groups in total. The van der Waals surface area contributed by atoms with Gasteiger partial charge in [-0.15, -0.1) is 0 Å². The number of benzene rings is 2. The van der Waals surface area contributed by atoms with Crippen LogP contribution in [0, 0.1) is 0 Å². The molecule has 0 spiro atoms. The number of nitrogens with one attached hydrogen (secondary N) is 2. The first-order chi connectivity index (χ1) is 17.5. The maximum Gasteiger partial charge on any atom is 0.261 e. The Morgan fingerprint density at radius 3 is 2.58 bits per heavy atom. The van der Waals surface area contributed by atoms with Gasteiger partial charge in [0.25, 0.3) is 11.5 Å². The Labute approximate surface area is 206 Å². The number of para-hydroxylation sites is 1. The van der Waals surface area contributed by atoms with Crippen LogP contribution in [0.4, 0.5) is 5.69 Å². The number of rotatable bonds is 10. The zero-order valence-corrected chi connectivity index (χ0v) is 19.9. The molecule has 2 amide bonds. The fourth-order valence-electron chi connectivity index (χ4n) is 3.73. The van der Waals surface area contributed by atoms with Gasteiger partial charge < -0.3 is 24.5 Å². The molecule has 2 aromatic heterocycles. The molecule has 2 heterocycles. The summed E-state index contributed by atoms with van der Waals surface area (Å²) in [5, 5.41) is 5.95. The highest BCUT2D eigenvalue weighted by Gasteiger charge is 2.14. The Hall–Kier alpha value is -4.60. The zero-order chi connectivity index (χ0) is 25.5. The molecule has 0 atom stereocenters. The van der Waals surface area contributed by atoms with Gasteiger partial charge in [0.1, 0.15) is 5.76 Å². The highest BCUT2D eigenvalue weighted by Crippen LogP contribution is 2.29. The van der Waals surface area contributed by atoms with Gasteiger partial charge in [-0.3, -0.25) is 19.0 Å². The minimum absolute atomic E-state index is 0.152. The molecule has 0 bridgehead atoms. The molecule has 4 rings (SSSR count). The van der Waals surface area contributed by atoms with Crippen molar-refractivity contribution in [2.45, 2.75) is 25.9 Å². The van der Waals surface area contributed by atoms with Crippen LogP contribution in [-0.2, 0) is 17.9 Å². The van der Waals surface area contributed by atoms with Crippen LogP contribution in [0.2, 0.25) is 0 Å². The smallest absolute Gasteiger partial charge is 0.261 e. The van der Waals surface area contributed by atoms with E-state index < -0.39 is 0 Å². The van der Waals surface area contributed by atoms with Crippen LogP contribution < -0.4 is 25.7 Å². The summed E-state index contributed by atoms with van der Waals surface area (Å²) in [4.78, 5) is 42.4. The molecule has 0 unspecified atom stereocenters. The molecule has 4 aromatic rings. The van der Waals surface area contributed by atoms with E-state index in [0.717, 1.165) is 0 Å². The second-order valence-electron chi connectivity index (χ2n) is 7.93. The Kier molecular flexibility index (Phi) is 7.64. The van der Waals surface area contributed by atoms with E-state index >= 15 is 0 Å². The van der Waals surface area contributed by atoms with Gasteiger partial charge in [-0.2, -0.15) is 0 Å². The van der Waals surface area contributed by atoms with E-state index in [0.29, 0.717) is 52.4 Å². The van der Waals surface area contributed by atoms with Crippen molar-refractivity contribution in [2.75, 3.05) is 19.5 Å². The molecule has 0 fully saturated rings. The second-order valence-corrected chi connectivity index (χ2v) is 7.93. The molecule has 0 aliphatic carbocycles. The van der Waals surface area contributed by atoms with E-state index in [1.165, 1.54) is 31.4 Å². The molecule has 0 radical (unpaired) electrons. The predicted molar refractivity (Wildman–Crippen MR) is 133 cm³/mol. The normalized spacial score (nSPS) is 10.7. The summed E-state index contributed by atoms with van der Waals surface area (Å²) in [5.41, 5.74) is 1.01. The summed E-state index contributed by atoms with van der Waals surface area (Å²) >= 11 is 0. The molecule has 10 heteroatoms. The van der Waals surface area contributed by atoms with Gasteiger partial charge in [0.05, 0.1) is 55.5 Å². The minimum Gasteiger partial charge on any atom is -0.493 e. The predicted octanol–water partition coefficient (Wildman–Crippen LogP) is 3.36. The van der Waals surface area contributed by atoms with Gasteiger partial charge in [-0.05, 0) is 36.8 Å². The fraction of sp³-hybridized carbons (Fsp3) is 0.231. The van der Waals surface area contributed by atoms with Crippen LogP contribution in [0.15, 0.2) is 70.3 Å². The summed E-state index contributed by atoms with van der Waals surface area (Å²) in [6, 6.07) is 13.5. The highest BCUT2D eigenvalue weighted by atomic mass is 16.5. The van der Waals surface area contributed by atoms with Crippen LogP contribution in [0.25, 0.3) is 10.9 Å². The molecule has 0 aliphatic rings. The molecular weight excluding hydrogens is 464 g/mol. The average molecular weight is 491 g/mol. The molecule has 36 heavy (non-hydrogen) atoms. The average Bonchev–Trinajstić information content (AvgIpc) is 3.42. The van der Waals surface area contributed by atoms with Crippen molar-refractivity contribution < 1.29 is 23.5 Å².